The summed E-state index contributed by atoms with van der Waals surface area (Å²) < 4.78 is 0. The molecule has 0 bridgehead atoms. The molecule has 0 amide bonds. The second kappa shape index (κ2) is 5.89. The molecule has 2 aromatic rings. The van der Waals surface area contributed by atoms with Gasteiger partial charge in [-0.3, -0.25) is 0 Å². The Labute approximate surface area is 120 Å². The van der Waals surface area contributed by atoms with E-state index in [1.54, 1.807) is 0 Å². The number of hydrogen-bond donors (Lipinski definition) is 1. The monoisotopic (exact) mass is 273 g/mol. The van der Waals surface area contributed by atoms with Crippen molar-refractivity contribution in [1.29, 1.82) is 0 Å². The highest BCUT2D eigenvalue weighted by Crippen LogP contribution is 2.27. The van der Waals surface area contributed by atoms with Gasteiger partial charge in [-0.05, 0) is 30.9 Å². The lowest BCUT2D eigenvalue weighted by Crippen LogP contribution is -2.33. The van der Waals surface area contributed by atoms with Gasteiger partial charge >= 0.3 is 0 Å². The van der Waals surface area contributed by atoms with Crippen molar-refractivity contribution >= 4 is 11.3 Å². The lowest BCUT2D eigenvalue weighted by molar-refractivity contribution is 0.441. The number of thiophene rings is 1. The number of nitrogens with one attached hydrogen (secondary N) is 1. The van der Waals surface area contributed by atoms with E-state index in [4.69, 9.17) is 0 Å². The Morgan fingerprint density at radius 2 is 1.84 bits per heavy atom. The first-order valence-electron chi connectivity index (χ1n) is 6.83. The first-order valence-corrected chi connectivity index (χ1v) is 7.71. The van der Waals surface area contributed by atoms with Crippen molar-refractivity contribution in [1.82, 2.24) is 5.32 Å². The molecule has 0 aliphatic heterocycles. The van der Waals surface area contributed by atoms with Crippen LogP contribution in [0.25, 0.3) is 0 Å². The Bertz CT molecular complexity index is 497. The molecule has 0 aliphatic carbocycles. The first kappa shape index (κ1) is 14.3. The quantitative estimate of drug-likeness (QED) is 0.833. The van der Waals surface area contributed by atoms with E-state index in [9.17, 15) is 0 Å². The summed E-state index contributed by atoms with van der Waals surface area (Å²) in [5, 5.41) is 5.81. The largest absolute Gasteiger partial charge is 0.309 e. The molecule has 1 atom stereocenters. The molecule has 102 valence electrons. The van der Waals surface area contributed by atoms with E-state index in [1.165, 1.54) is 16.0 Å². The predicted octanol–water partition coefficient (Wildman–Crippen LogP) is 4.68. The highest BCUT2D eigenvalue weighted by atomic mass is 32.1. The molecule has 1 N–H and O–H groups in total. The molecule has 1 unspecified atom stereocenters. The number of hydrogen-bond acceptors (Lipinski definition) is 2. The third-order valence-electron chi connectivity index (χ3n) is 3.62. The standard InChI is InChI=1S/C17H23NS/c1-13-7-9-15(10-8-13)14(2)18-12-17(3,4)16-6-5-11-19-16/h5-11,14,18H,12H2,1-4H3. The molecule has 1 aromatic heterocycles. The zero-order valence-electron chi connectivity index (χ0n) is 12.2. The van der Waals surface area contributed by atoms with Crippen LogP contribution in [0.5, 0.6) is 0 Å². The van der Waals surface area contributed by atoms with Crippen LogP contribution in [0.1, 0.15) is 42.8 Å². The molecular weight excluding hydrogens is 250 g/mol. The predicted molar refractivity (Wildman–Crippen MR) is 84.9 cm³/mol. The van der Waals surface area contributed by atoms with Gasteiger partial charge in [0, 0.05) is 22.9 Å². The van der Waals surface area contributed by atoms with Crippen molar-refractivity contribution in [2.45, 2.75) is 39.2 Å². The van der Waals surface area contributed by atoms with E-state index in [1.807, 2.05) is 11.3 Å². The topological polar surface area (TPSA) is 12.0 Å². The Balaban J connectivity index is 1.97. The molecule has 1 nitrogen and oxygen atoms in total. The Hall–Kier alpha value is -1.12. The molecule has 1 heterocycles. The summed E-state index contributed by atoms with van der Waals surface area (Å²) in [4.78, 5) is 1.44. The van der Waals surface area contributed by atoms with E-state index in [0.29, 0.717) is 6.04 Å². The molecule has 0 saturated carbocycles. The second-order valence-corrected chi connectivity index (χ2v) is 6.82. The molecule has 0 radical (unpaired) electrons. The molecule has 0 fully saturated rings. The molecule has 0 spiro atoms. The number of aryl methyl sites for hydroxylation is 1. The normalized spacial score (nSPS) is 13.5. The average Bonchev–Trinajstić information content (AvgIpc) is 2.91. The highest BCUT2D eigenvalue weighted by Gasteiger charge is 2.22. The zero-order valence-corrected chi connectivity index (χ0v) is 13.1. The van der Waals surface area contributed by atoms with E-state index in [-0.39, 0.29) is 5.41 Å². The van der Waals surface area contributed by atoms with Gasteiger partial charge in [0.1, 0.15) is 0 Å². The van der Waals surface area contributed by atoms with Gasteiger partial charge in [-0.25, -0.2) is 0 Å². The van der Waals surface area contributed by atoms with Gasteiger partial charge in [0.2, 0.25) is 0 Å². The molecule has 19 heavy (non-hydrogen) atoms. The van der Waals surface area contributed by atoms with Crippen LogP contribution in [0.4, 0.5) is 0 Å². The van der Waals surface area contributed by atoms with Crippen LogP contribution in [0.2, 0.25) is 0 Å². The van der Waals surface area contributed by atoms with Crippen molar-refractivity contribution in [2.24, 2.45) is 0 Å². The van der Waals surface area contributed by atoms with Gasteiger partial charge < -0.3 is 5.32 Å². The zero-order chi connectivity index (χ0) is 13.9. The summed E-state index contributed by atoms with van der Waals surface area (Å²) in [6, 6.07) is 13.5. The van der Waals surface area contributed by atoms with Crippen LogP contribution in [0, 0.1) is 6.92 Å². The highest BCUT2D eigenvalue weighted by molar-refractivity contribution is 7.10. The molecule has 0 aliphatic rings. The molecule has 0 saturated heterocycles. The second-order valence-electron chi connectivity index (χ2n) is 5.87. The Morgan fingerprint density at radius 1 is 1.16 bits per heavy atom. The fourth-order valence-corrected chi connectivity index (χ4v) is 2.98. The van der Waals surface area contributed by atoms with Gasteiger partial charge in [0.05, 0.1) is 0 Å². The lowest BCUT2D eigenvalue weighted by Gasteiger charge is -2.26. The smallest absolute Gasteiger partial charge is 0.0292 e. The van der Waals surface area contributed by atoms with Crippen molar-refractivity contribution in [3.8, 4) is 0 Å². The molecular formula is C17H23NS. The maximum Gasteiger partial charge on any atom is 0.0292 e. The Morgan fingerprint density at radius 3 is 2.42 bits per heavy atom. The van der Waals surface area contributed by atoms with Crippen LogP contribution in [0.3, 0.4) is 0 Å². The average molecular weight is 273 g/mol. The fraction of sp³-hybridized carbons (Fsp3) is 0.412. The fourth-order valence-electron chi connectivity index (χ4n) is 2.13. The third kappa shape index (κ3) is 3.68. The maximum atomic E-state index is 3.65. The Kier molecular flexibility index (Phi) is 4.43. The van der Waals surface area contributed by atoms with Crippen molar-refractivity contribution in [2.75, 3.05) is 6.54 Å². The number of benzene rings is 1. The van der Waals surface area contributed by atoms with Crippen molar-refractivity contribution < 1.29 is 0 Å². The summed E-state index contributed by atoms with van der Waals surface area (Å²) >= 11 is 1.84. The SMILES string of the molecule is Cc1ccc(C(C)NCC(C)(C)c2cccs2)cc1. The van der Waals surface area contributed by atoms with Gasteiger partial charge in [-0.15, -0.1) is 11.3 Å². The minimum atomic E-state index is 0.188. The maximum absolute atomic E-state index is 3.65. The summed E-state index contributed by atoms with van der Waals surface area (Å²) in [5.41, 5.74) is 2.86. The van der Waals surface area contributed by atoms with Crippen LogP contribution in [-0.4, -0.2) is 6.54 Å². The first-order chi connectivity index (χ1) is 8.99. The lowest BCUT2D eigenvalue weighted by atomic mass is 9.91. The van der Waals surface area contributed by atoms with Crippen LogP contribution >= 0.6 is 11.3 Å². The molecule has 1 aromatic carbocycles. The van der Waals surface area contributed by atoms with E-state index < -0.39 is 0 Å². The minimum Gasteiger partial charge on any atom is -0.309 e. The van der Waals surface area contributed by atoms with Crippen LogP contribution in [-0.2, 0) is 5.41 Å². The van der Waals surface area contributed by atoms with Gasteiger partial charge in [0.15, 0.2) is 0 Å². The van der Waals surface area contributed by atoms with E-state index in [2.05, 4.69) is 74.8 Å². The van der Waals surface area contributed by atoms with Gasteiger partial charge in [-0.1, -0.05) is 49.7 Å². The van der Waals surface area contributed by atoms with E-state index >= 15 is 0 Å². The minimum absolute atomic E-state index is 0.188. The summed E-state index contributed by atoms with van der Waals surface area (Å²) in [7, 11) is 0. The number of rotatable bonds is 5. The molecule has 2 rings (SSSR count). The molecule has 2 heteroatoms. The van der Waals surface area contributed by atoms with Crippen molar-refractivity contribution in [3.63, 3.8) is 0 Å². The summed E-state index contributed by atoms with van der Waals surface area (Å²) in [6.45, 7) is 9.95. The van der Waals surface area contributed by atoms with E-state index in [0.717, 1.165) is 6.54 Å². The third-order valence-corrected chi connectivity index (χ3v) is 4.85. The van der Waals surface area contributed by atoms with Crippen molar-refractivity contribution in [3.05, 3.63) is 57.8 Å². The van der Waals surface area contributed by atoms with Crippen LogP contribution in [0.15, 0.2) is 41.8 Å². The summed E-state index contributed by atoms with van der Waals surface area (Å²) in [5.74, 6) is 0. The van der Waals surface area contributed by atoms with Crippen LogP contribution < -0.4 is 5.32 Å². The van der Waals surface area contributed by atoms with Gasteiger partial charge in [-0.2, -0.15) is 0 Å². The van der Waals surface area contributed by atoms with Gasteiger partial charge in [0.25, 0.3) is 0 Å². The summed E-state index contributed by atoms with van der Waals surface area (Å²) in [6.07, 6.45) is 0.